The van der Waals surface area contributed by atoms with Crippen molar-refractivity contribution in [2.24, 2.45) is 11.5 Å². The Balaban J connectivity index is 1.83. The van der Waals surface area contributed by atoms with Crippen LogP contribution in [0.15, 0.2) is 71.6 Å². The Morgan fingerprint density at radius 2 is 1.49 bits per heavy atom. The first kappa shape index (κ1) is 30.1. The van der Waals surface area contributed by atoms with E-state index in [1.807, 2.05) is 4.72 Å². The molecule has 0 aliphatic rings. The predicted octanol–water partition coefficient (Wildman–Crippen LogP) is 1.46. The third-order valence-electron chi connectivity index (χ3n) is 5.59. The molecule has 0 aliphatic heterocycles. The molecule has 0 unspecified atom stereocenters. The fourth-order valence-electron chi connectivity index (χ4n) is 3.60. The Morgan fingerprint density at radius 1 is 0.872 bits per heavy atom. The lowest BCUT2D eigenvalue weighted by molar-refractivity contribution is -0.119. The molecule has 208 valence electrons. The summed E-state index contributed by atoms with van der Waals surface area (Å²) in [5.74, 6) is -1.40. The normalized spacial score (nSPS) is 11.6. The van der Waals surface area contributed by atoms with Gasteiger partial charge in [-0.3, -0.25) is 13.9 Å². The number of nitrogens with zero attached hydrogens (tertiary/aromatic N) is 1. The average Bonchev–Trinajstić information content (AvgIpc) is 2.89. The molecule has 0 saturated carbocycles. The molecule has 3 aromatic rings. The van der Waals surface area contributed by atoms with Crippen LogP contribution < -0.4 is 25.8 Å². The number of benzene rings is 3. The van der Waals surface area contributed by atoms with Crippen LogP contribution >= 0.6 is 11.6 Å². The third-order valence-corrected chi connectivity index (χ3v) is 8.27. The quantitative estimate of drug-likeness (QED) is 0.258. The lowest BCUT2D eigenvalue weighted by Crippen LogP contribution is -2.41. The number of hydrogen-bond donors (Lipinski definition) is 4. The lowest BCUT2D eigenvalue weighted by atomic mass is 10.1. The second kappa shape index (κ2) is 12.6. The Morgan fingerprint density at radius 3 is 2.05 bits per heavy atom. The number of sulfonamides is 2. The molecule has 2 amide bonds. The molecule has 0 atom stereocenters. The zero-order valence-electron chi connectivity index (χ0n) is 20.9. The van der Waals surface area contributed by atoms with E-state index in [9.17, 15) is 26.4 Å². The highest BCUT2D eigenvalue weighted by molar-refractivity contribution is 7.92. The molecule has 0 heterocycles. The second-order valence-corrected chi connectivity index (χ2v) is 12.5. The molecule has 6 N–H and O–H groups in total. The fourth-order valence-corrected chi connectivity index (χ4v) is 5.75. The first-order valence-corrected chi connectivity index (χ1v) is 15.2. The van der Waals surface area contributed by atoms with Gasteiger partial charge in [0.25, 0.3) is 15.9 Å². The van der Waals surface area contributed by atoms with Crippen LogP contribution in [0.3, 0.4) is 0 Å². The van der Waals surface area contributed by atoms with Gasteiger partial charge in [-0.25, -0.2) is 21.6 Å². The Hall–Kier alpha value is -3.49. The molecule has 0 bridgehead atoms. The number of hydrogen-bond acceptors (Lipinski definition) is 8. The van der Waals surface area contributed by atoms with Gasteiger partial charge in [0.15, 0.2) is 0 Å². The molecule has 0 radical (unpaired) electrons. The molecule has 0 saturated heterocycles. The van der Waals surface area contributed by atoms with Gasteiger partial charge in [-0.1, -0.05) is 41.9 Å². The Kier molecular flexibility index (Phi) is 9.69. The summed E-state index contributed by atoms with van der Waals surface area (Å²) in [6, 6.07) is 16.6. The van der Waals surface area contributed by atoms with Crippen molar-refractivity contribution in [3.63, 3.8) is 0 Å². The summed E-state index contributed by atoms with van der Waals surface area (Å²) in [6.07, 6.45) is 0.868. The summed E-state index contributed by atoms with van der Waals surface area (Å²) in [4.78, 5) is 24.9. The van der Waals surface area contributed by atoms with Gasteiger partial charge in [-0.15, -0.1) is 0 Å². The molecule has 3 aromatic carbocycles. The Bertz CT molecular complexity index is 1560. The van der Waals surface area contributed by atoms with E-state index < -0.39 is 38.4 Å². The molecule has 0 aromatic heterocycles. The maximum absolute atomic E-state index is 13.7. The second-order valence-electron chi connectivity index (χ2n) is 8.48. The maximum atomic E-state index is 13.7. The standard InChI is InChI=1S/C25H28ClN5O6S2/c1-38(34,35)30-25(33)19-9-5-18(6-10-19)15-29-24(32)16-31(23-4-2-3-22(26)21(23)14-28)39(36,37)20-11-7-17(13-27)8-12-20/h2-12H,13-16,27-28H2,1H3,(H,29,32)(H,30,33). The van der Waals surface area contributed by atoms with E-state index in [0.29, 0.717) is 11.1 Å². The molecule has 11 nitrogen and oxygen atoms in total. The van der Waals surface area contributed by atoms with Crippen LogP contribution in [0.4, 0.5) is 5.69 Å². The highest BCUT2D eigenvalue weighted by Gasteiger charge is 2.29. The molecule has 39 heavy (non-hydrogen) atoms. The largest absolute Gasteiger partial charge is 0.350 e. The van der Waals surface area contributed by atoms with E-state index in [-0.39, 0.29) is 40.8 Å². The van der Waals surface area contributed by atoms with E-state index in [4.69, 9.17) is 23.1 Å². The summed E-state index contributed by atoms with van der Waals surface area (Å²) in [6.45, 7) is -0.371. The van der Waals surface area contributed by atoms with Crippen molar-refractivity contribution in [3.05, 3.63) is 94.0 Å². The van der Waals surface area contributed by atoms with Crippen molar-refractivity contribution in [2.75, 3.05) is 17.1 Å². The number of amides is 2. The van der Waals surface area contributed by atoms with Gasteiger partial charge in [-0.2, -0.15) is 0 Å². The summed E-state index contributed by atoms with van der Waals surface area (Å²) in [5, 5.41) is 2.92. The van der Waals surface area contributed by atoms with Crippen LogP contribution in [0.5, 0.6) is 0 Å². The van der Waals surface area contributed by atoms with Crippen molar-refractivity contribution in [1.82, 2.24) is 10.0 Å². The van der Waals surface area contributed by atoms with Gasteiger partial charge in [0.05, 0.1) is 16.8 Å². The first-order valence-electron chi connectivity index (χ1n) is 11.5. The molecule has 0 aliphatic carbocycles. The van der Waals surface area contributed by atoms with Crippen LogP contribution in [0, 0.1) is 0 Å². The van der Waals surface area contributed by atoms with Crippen LogP contribution in [0.25, 0.3) is 0 Å². The van der Waals surface area contributed by atoms with Gasteiger partial charge in [0.1, 0.15) is 6.54 Å². The van der Waals surface area contributed by atoms with Crippen molar-refractivity contribution in [1.29, 1.82) is 0 Å². The lowest BCUT2D eigenvalue weighted by Gasteiger charge is -2.26. The third kappa shape index (κ3) is 7.77. The maximum Gasteiger partial charge on any atom is 0.264 e. The number of anilines is 1. The topological polar surface area (TPSA) is 182 Å². The van der Waals surface area contributed by atoms with Crippen molar-refractivity contribution in [2.45, 2.75) is 24.5 Å². The highest BCUT2D eigenvalue weighted by Crippen LogP contribution is 2.31. The van der Waals surface area contributed by atoms with Gasteiger partial charge >= 0.3 is 0 Å². The number of halogens is 1. The van der Waals surface area contributed by atoms with Gasteiger partial charge in [-0.05, 0) is 47.5 Å². The monoisotopic (exact) mass is 593 g/mol. The van der Waals surface area contributed by atoms with Crippen LogP contribution in [-0.4, -0.2) is 41.5 Å². The number of nitrogens with one attached hydrogen (secondary N) is 2. The summed E-state index contributed by atoms with van der Waals surface area (Å²) < 4.78 is 52.7. The smallest absolute Gasteiger partial charge is 0.264 e. The SMILES string of the molecule is CS(=O)(=O)NC(=O)c1ccc(CNC(=O)CN(c2cccc(Cl)c2CN)S(=O)(=O)c2ccc(CN)cc2)cc1. The minimum Gasteiger partial charge on any atom is -0.350 e. The molecule has 0 fully saturated rings. The van der Waals surface area contributed by atoms with Crippen molar-refractivity contribution < 1.29 is 26.4 Å². The van der Waals surface area contributed by atoms with Crippen LogP contribution in [0.2, 0.25) is 5.02 Å². The first-order chi connectivity index (χ1) is 18.4. The van der Waals surface area contributed by atoms with Gasteiger partial charge < -0.3 is 16.8 Å². The van der Waals surface area contributed by atoms with E-state index in [1.165, 1.54) is 42.5 Å². The average molecular weight is 594 g/mol. The van der Waals surface area contributed by atoms with Crippen molar-refractivity contribution in [3.8, 4) is 0 Å². The summed E-state index contributed by atoms with van der Waals surface area (Å²) in [7, 11) is -7.93. The van der Waals surface area contributed by atoms with Crippen LogP contribution in [-0.2, 0) is 44.5 Å². The predicted molar refractivity (Wildman–Crippen MR) is 149 cm³/mol. The summed E-state index contributed by atoms with van der Waals surface area (Å²) in [5.41, 5.74) is 13.5. The molecular weight excluding hydrogens is 566 g/mol. The molecule has 3 rings (SSSR count). The van der Waals surface area contributed by atoms with Gasteiger partial charge in [0, 0.05) is 35.8 Å². The van der Waals surface area contributed by atoms with E-state index in [0.717, 1.165) is 16.1 Å². The van der Waals surface area contributed by atoms with Gasteiger partial charge in [0.2, 0.25) is 15.9 Å². The van der Waals surface area contributed by atoms with Crippen LogP contribution in [0.1, 0.15) is 27.0 Å². The molecular formula is C25H28ClN5O6S2. The fraction of sp³-hybridized carbons (Fsp3) is 0.200. The molecule has 0 spiro atoms. The van der Waals surface area contributed by atoms with E-state index >= 15 is 0 Å². The van der Waals surface area contributed by atoms with E-state index in [1.54, 1.807) is 24.3 Å². The minimum absolute atomic E-state index is 0.0190. The number of carbonyl (C=O) groups is 2. The highest BCUT2D eigenvalue weighted by atomic mass is 35.5. The van der Waals surface area contributed by atoms with Crippen molar-refractivity contribution >= 4 is 49.1 Å². The molecule has 14 heteroatoms. The number of nitrogens with two attached hydrogens (primary N) is 2. The zero-order valence-corrected chi connectivity index (χ0v) is 23.3. The summed E-state index contributed by atoms with van der Waals surface area (Å²) >= 11 is 6.28. The minimum atomic E-state index is -4.21. The van der Waals surface area contributed by atoms with E-state index in [2.05, 4.69) is 5.32 Å². The number of carbonyl (C=O) groups excluding carboxylic acids is 2. The zero-order chi connectivity index (χ0) is 28.8. The number of rotatable bonds is 11. The Labute approximate surface area is 232 Å².